The zero-order valence-electron chi connectivity index (χ0n) is 43.0. The van der Waals surface area contributed by atoms with Gasteiger partial charge in [-0.25, -0.2) is 0 Å². The minimum Gasteiger partial charge on any atom is -0.462 e. The van der Waals surface area contributed by atoms with Crippen LogP contribution in [0.1, 0.15) is 194 Å². The second-order valence-electron chi connectivity index (χ2n) is 16.9. The molecule has 0 amide bonds. The highest BCUT2D eigenvalue weighted by Crippen LogP contribution is 2.13. The van der Waals surface area contributed by atoms with Crippen LogP contribution in [0, 0.1) is 0 Å². The van der Waals surface area contributed by atoms with E-state index in [9.17, 15) is 14.4 Å². The quantitative estimate of drug-likeness (QED) is 0.0199. The van der Waals surface area contributed by atoms with Crippen molar-refractivity contribution in [2.45, 2.75) is 200 Å². The average molecular weight is 935 g/mol. The van der Waals surface area contributed by atoms with Gasteiger partial charge in [-0.05, 0) is 83.5 Å². The normalized spacial score (nSPS) is 13.4. The number of carbonyl (C=O) groups is 3. The lowest BCUT2D eigenvalue weighted by atomic mass is 10.1. The van der Waals surface area contributed by atoms with Crippen LogP contribution >= 0.6 is 0 Å². The maximum absolute atomic E-state index is 12.8. The summed E-state index contributed by atoms with van der Waals surface area (Å²) >= 11 is 0. The fourth-order valence-electron chi connectivity index (χ4n) is 6.57. The highest BCUT2D eigenvalue weighted by atomic mass is 16.6. The van der Waals surface area contributed by atoms with E-state index in [0.717, 1.165) is 103 Å². The molecule has 0 aromatic heterocycles. The summed E-state index contributed by atoms with van der Waals surface area (Å²) in [5.41, 5.74) is 0. The zero-order valence-corrected chi connectivity index (χ0v) is 43.0. The van der Waals surface area contributed by atoms with Crippen LogP contribution < -0.4 is 0 Å². The molecule has 0 aliphatic carbocycles. The van der Waals surface area contributed by atoms with Crippen LogP contribution in [-0.2, 0) is 28.6 Å². The van der Waals surface area contributed by atoms with Gasteiger partial charge in [-0.15, -0.1) is 0 Å². The van der Waals surface area contributed by atoms with E-state index in [-0.39, 0.29) is 44.0 Å². The molecule has 0 heterocycles. The maximum Gasteiger partial charge on any atom is 0.306 e. The molecule has 0 radical (unpaired) electrons. The van der Waals surface area contributed by atoms with Crippen LogP contribution in [0.3, 0.4) is 0 Å². The molecule has 68 heavy (non-hydrogen) atoms. The maximum atomic E-state index is 12.8. The van der Waals surface area contributed by atoms with Crippen molar-refractivity contribution < 1.29 is 28.6 Å². The Hall–Kier alpha value is -4.97. The second-order valence-corrected chi connectivity index (χ2v) is 16.9. The number of rotatable bonds is 45. The molecule has 0 aromatic carbocycles. The summed E-state index contributed by atoms with van der Waals surface area (Å²) in [7, 11) is 0. The van der Waals surface area contributed by atoms with Crippen molar-refractivity contribution in [2.75, 3.05) is 13.2 Å². The van der Waals surface area contributed by atoms with Gasteiger partial charge >= 0.3 is 17.9 Å². The van der Waals surface area contributed by atoms with Gasteiger partial charge in [0.2, 0.25) is 0 Å². The van der Waals surface area contributed by atoms with Crippen molar-refractivity contribution in [2.24, 2.45) is 0 Å². The van der Waals surface area contributed by atoms with Gasteiger partial charge in [0.05, 0.1) is 0 Å². The molecule has 1 unspecified atom stereocenters. The first-order valence-electron chi connectivity index (χ1n) is 26.6. The molecule has 378 valence electrons. The van der Waals surface area contributed by atoms with E-state index < -0.39 is 6.10 Å². The smallest absolute Gasteiger partial charge is 0.306 e. The Morgan fingerprint density at radius 3 is 1.13 bits per heavy atom. The predicted molar refractivity (Wildman–Crippen MR) is 292 cm³/mol. The van der Waals surface area contributed by atoms with Gasteiger partial charge in [0.15, 0.2) is 6.10 Å². The van der Waals surface area contributed by atoms with E-state index in [1.54, 1.807) is 0 Å². The Morgan fingerprint density at radius 2 is 0.662 bits per heavy atom. The molecule has 1 atom stereocenters. The third-order valence-electron chi connectivity index (χ3n) is 10.5. The molecule has 6 heteroatoms. The summed E-state index contributed by atoms with van der Waals surface area (Å²) in [4.78, 5) is 38.0. The molecule has 0 saturated heterocycles. The lowest BCUT2D eigenvalue weighted by Gasteiger charge is -2.18. The fraction of sp³-hybridized carbons (Fsp3) is 0.532. The van der Waals surface area contributed by atoms with Crippen molar-refractivity contribution in [3.05, 3.63) is 158 Å². The van der Waals surface area contributed by atoms with Crippen LogP contribution in [0.4, 0.5) is 0 Å². The number of allylic oxidation sites excluding steroid dienone is 26. The van der Waals surface area contributed by atoms with Gasteiger partial charge in [-0.3, -0.25) is 14.4 Å². The number of unbranched alkanes of at least 4 members (excludes halogenated alkanes) is 16. The van der Waals surface area contributed by atoms with Crippen molar-refractivity contribution in [1.82, 2.24) is 0 Å². The van der Waals surface area contributed by atoms with Gasteiger partial charge in [0.25, 0.3) is 0 Å². The molecule has 0 aromatic rings. The Labute approximate surface area is 416 Å². The van der Waals surface area contributed by atoms with Gasteiger partial charge in [-0.1, -0.05) is 249 Å². The van der Waals surface area contributed by atoms with Crippen LogP contribution in [0.15, 0.2) is 158 Å². The van der Waals surface area contributed by atoms with Crippen molar-refractivity contribution in [1.29, 1.82) is 0 Å². The van der Waals surface area contributed by atoms with Gasteiger partial charge in [0.1, 0.15) is 13.2 Å². The van der Waals surface area contributed by atoms with E-state index in [1.165, 1.54) is 44.9 Å². The van der Waals surface area contributed by atoms with E-state index in [2.05, 4.69) is 87.6 Å². The van der Waals surface area contributed by atoms with Crippen molar-refractivity contribution in [3.8, 4) is 0 Å². The minimum atomic E-state index is -0.831. The Morgan fingerprint density at radius 1 is 0.324 bits per heavy atom. The van der Waals surface area contributed by atoms with E-state index >= 15 is 0 Å². The van der Waals surface area contributed by atoms with Crippen LogP contribution in [0.25, 0.3) is 0 Å². The third-order valence-corrected chi connectivity index (χ3v) is 10.5. The Bertz CT molecular complexity index is 1590. The lowest BCUT2D eigenvalue weighted by molar-refractivity contribution is -0.167. The Balaban J connectivity index is 4.55. The molecule has 0 spiro atoms. The molecule has 0 saturated carbocycles. The van der Waals surface area contributed by atoms with Crippen molar-refractivity contribution >= 4 is 17.9 Å². The first-order chi connectivity index (χ1) is 33.5. The third kappa shape index (κ3) is 52.0. The molecule has 0 aliphatic rings. The van der Waals surface area contributed by atoms with Gasteiger partial charge in [0, 0.05) is 19.3 Å². The molecule has 0 rings (SSSR count). The molecule has 0 aliphatic heterocycles. The van der Waals surface area contributed by atoms with E-state index in [1.807, 2.05) is 91.1 Å². The first kappa shape index (κ1) is 63.0. The lowest BCUT2D eigenvalue weighted by Crippen LogP contribution is -2.30. The van der Waals surface area contributed by atoms with Crippen LogP contribution in [0.5, 0.6) is 0 Å². The largest absolute Gasteiger partial charge is 0.462 e. The highest BCUT2D eigenvalue weighted by molar-refractivity contribution is 5.71. The van der Waals surface area contributed by atoms with Gasteiger partial charge < -0.3 is 14.2 Å². The molecular formula is C62H94O6. The molecule has 0 bridgehead atoms. The van der Waals surface area contributed by atoms with Crippen LogP contribution in [0.2, 0.25) is 0 Å². The zero-order chi connectivity index (χ0) is 49.3. The number of hydrogen-bond donors (Lipinski definition) is 0. The predicted octanol–water partition coefficient (Wildman–Crippen LogP) is 17.8. The monoisotopic (exact) mass is 935 g/mol. The number of esters is 3. The highest BCUT2D eigenvalue weighted by Gasteiger charge is 2.19. The van der Waals surface area contributed by atoms with E-state index in [0.29, 0.717) is 12.8 Å². The minimum absolute atomic E-state index is 0.122. The van der Waals surface area contributed by atoms with E-state index in [4.69, 9.17) is 14.2 Å². The van der Waals surface area contributed by atoms with Crippen LogP contribution in [-0.4, -0.2) is 37.2 Å². The summed E-state index contributed by atoms with van der Waals surface area (Å²) in [6.45, 7) is 6.18. The van der Waals surface area contributed by atoms with Crippen molar-refractivity contribution in [3.63, 3.8) is 0 Å². The summed E-state index contributed by atoms with van der Waals surface area (Å²) in [6, 6.07) is 0. The molecular weight excluding hydrogens is 841 g/mol. The summed E-state index contributed by atoms with van der Waals surface area (Å²) < 4.78 is 16.7. The standard InChI is InChI=1S/C62H94O6/c1-4-7-10-13-16-19-22-25-27-29-31-33-34-37-40-43-46-49-52-55-61(64)67-58-59(57-66-60(63)54-51-48-45-42-39-36-24-21-18-15-12-9-6-3)68-62(65)56-53-50-47-44-41-38-35-32-30-28-26-23-20-17-14-11-8-5-2/h7,9-12,14-21,23-28,30,32,35-36,39,42,45,59H,4-6,8,13,22,29,31,33-34,37-38,40-41,43-44,46-58H2,1-3H3/b10-7-,12-9-,14-11-,18-15-,19-16-,20-17-,24-21-,26-23-,27-25-,30-28-,35-32-,39-36-,45-42-. The summed E-state index contributed by atoms with van der Waals surface area (Å²) in [5, 5.41) is 0. The SMILES string of the molecule is CC\C=C/C=C\C=C/C=C\C=C/CCCC(=O)OCC(COC(=O)CCCCCCCCCCC/C=C\C/C=C\C/C=C\CC)OC(=O)CCCCCCC\C=C/C=C\C=C/C=C\C=C/CCC. The Kier molecular flexibility index (Phi) is 50.6. The van der Waals surface area contributed by atoms with Gasteiger partial charge in [-0.2, -0.15) is 0 Å². The average Bonchev–Trinajstić information content (AvgIpc) is 3.34. The number of ether oxygens (including phenoxy) is 3. The summed E-state index contributed by atoms with van der Waals surface area (Å²) in [5.74, 6) is -1.04. The number of hydrogen-bond acceptors (Lipinski definition) is 6. The molecule has 0 fully saturated rings. The summed E-state index contributed by atoms with van der Waals surface area (Å²) in [6.07, 6.45) is 79.4. The fourth-order valence-corrected chi connectivity index (χ4v) is 6.57. The number of carbonyl (C=O) groups excluding carboxylic acids is 3. The molecule has 6 nitrogen and oxygen atoms in total. The first-order valence-corrected chi connectivity index (χ1v) is 26.6. The second kappa shape index (κ2) is 54.6. The molecule has 0 N–H and O–H groups in total. The topological polar surface area (TPSA) is 78.9 Å².